The van der Waals surface area contributed by atoms with Gasteiger partial charge in [0.05, 0.1) is 27.1 Å². The van der Waals surface area contributed by atoms with Crippen LogP contribution < -0.4 is 5.56 Å². The number of hydrogen-bond donors (Lipinski definition) is 1. The summed E-state index contributed by atoms with van der Waals surface area (Å²) in [5.74, 6) is 0.986. The number of hydrogen-bond acceptors (Lipinski definition) is 6. The standard InChI is InChI=1S/C26H24N6O2S/c33-23(31-14-12-17(13-15-31)26-28-20-8-4-5-9-21(20)35-26)11-10-22-29-24-19(25(34)30-22)16-27-32(24)18-6-2-1-3-7-18/h1-9,16-17H,10-15H2,(H,29,30,34). The summed E-state index contributed by atoms with van der Waals surface area (Å²) in [7, 11) is 0. The molecule has 1 fully saturated rings. The Labute approximate surface area is 205 Å². The first-order valence-electron chi connectivity index (χ1n) is 11.8. The van der Waals surface area contributed by atoms with Gasteiger partial charge in [0.25, 0.3) is 5.56 Å². The number of aromatic nitrogens is 5. The lowest BCUT2D eigenvalue weighted by atomic mass is 9.97. The summed E-state index contributed by atoms with van der Waals surface area (Å²) in [5, 5.41) is 5.94. The van der Waals surface area contributed by atoms with Crippen molar-refractivity contribution in [2.24, 2.45) is 0 Å². The van der Waals surface area contributed by atoms with E-state index in [0.717, 1.165) is 37.1 Å². The number of likely N-dealkylation sites (tertiary alicyclic amines) is 1. The van der Waals surface area contributed by atoms with E-state index in [1.165, 1.54) is 15.9 Å². The Bertz CT molecular complexity index is 1530. The van der Waals surface area contributed by atoms with E-state index in [2.05, 4.69) is 27.2 Å². The van der Waals surface area contributed by atoms with Crippen LogP contribution in [0.15, 0.2) is 65.6 Å². The smallest absolute Gasteiger partial charge is 0.262 e. The van der Waals surface area contributed by atoms with Gasteiger partial charge in [0, 0.05) is 31.8 Å². The number of amides is 1. The van der Waals surface area contributed by atoms with Crippen molar-refractivity contribution in [1.82, 2.24) is 29.6 Å². The van der Waals surface area contributed by atoms with E-state index in [4.69, 9.17) is 4.98 Å². The van der Waals surface area contributed by atoms with Crippen LogP contribution in [0.1, 0.15) is 36.0 Å². The first-order chi connectivity index (χ1) is 17.2. The Hall–Kier alpha value is -3.85. The van der Waals surface area contributed by atoms with Gasteiger partial charge in [-0.2, -0.15) is 5.10 Å². The molecule has 1 saturated heterocycles. The molecule has 5 aromatic rings. The fourth-order valence-corrected chi connectivity index (χ4v) is 5.80. The number of aromatic amines is 1. The average molecular weight is 485 g/mol. The number of nitrogens with zero attached hydrogens (tertiary/aromatic N) is 5. The van der Waals surface area contributed by atoms with Crippen LogP contribution in [0.5, 0.6) is 0 Å². The quantitative estimate of drug-likeness (QED) is 0.406. The minimum atomic E-state index is -0.240. The maximum Gasteiger partial charge on any atom is 0.262 e. The predicted octanol–water partition coefficient (Wildman–Crippen LogP) is 4.06. The summed E-state index contributed by atoms with van der Waals surface area (Å²) in [6, 6.07) is 17.8. The Morgan fingerprint density at radius 1 is 1.03 bits per heavy atom. The lowest BCUT2D eigenvalue weighted by Gasteiger charge is -2.31. The lowest BCUT2D eigenvalue weighted by molar-refractivity contribution is -0.132. The molecule has 176 valence electrons. The fourth-order valence-electron chi connectivity index (χ4n) is 4.66. The first-order valence-corrected chi connectivity index (χ1v) is 12.6. The van der Waals surface area contributed by atoms with Gasteiger partial charge in [0.15, 0.2) is 5.65 Å². The molecule has 1 aliphatic rings. The van der Waals surface area contributed by atoms with Crippen molar-refractivity contribution in [3.8, 4) is 5.69 Å². The van der Waals surface area contributed by atoms with E-state index in [9.17, 15) is 9.59 Å². The molecule has 0 spiro atoms. The number of nitrogens with one attached hydrogen (secondary N) is 1. The topological polar surface area (TPSA) is 96.8 Å². The van der Waals surface area contributed by atoms with Gasteiger partial charge >= 0.3 is 0 Å². The number of rotatable bonds is 5. The molecule has 3 aromatic heterocycles. The third-order valence-electron chi connectivity index (χ3n) is 6.57. The molecule has 2 aromatic carbocycles. The zero-order chi connectivity index (χ0) is 23.8. The summed E-state index contributed by atoms with van der Waals surface area (Å²) < 4.78 is 2.87. The van der Waals surface area contributed by atoms with Crippen LogP contribution in [0.4, 0.5) is 0 Å². The SMILES string of the molecule is O=C(CCc1nc2c(cnn2-c2ccccc2)c(=O)[nH]1)N1CCC(c2nc3ccccc3s2)CC1. The van der Waals surface area contributed by atoms with Gasteiger partial charge in [-0.3, -0.25) is 9.59 Å². The highest BCUT2D eigenvalue weighted by Gasteiger charge is 2.26. The highest BCUT2D eigenvalue weighted by molar-refractivity contribution is 7.18. The Morgan fingerprint density at radius 3 is 2.60 bits per heavy atom. The molecule has 4 heterocycles. The number of benzene rings is 2. The van der Waals surface area contributed by atoms with E-state index in [-0.39, 0.29) is 11.5 Å². The number of carbonyl (C=O) groups excluding carboxylic acids is 1. The van der Waals surface area contributed by atoms with Crippen molar-refractivity contribution in [2.75, 3.05) is 13.1 Å². The fraction of sp³-hybridized carbons (Fsp3) is 0.269. The third-order valence-corrected chi connectivity index (χ3v) is 7.77. The van der Waals surface area contributed by atoms with Gasteiger partial charge in [-0.1, -0.05) is 30.3 Å². The van der Waals surface area contributed by atoms with E-state index < -0.39 is 0 Å². The van der Waals surface area contributed by atoms with Crippen LogP contribution in [-0.2, 0) is 11.2 Å². The second-order valence-corrected chi connectivity index (χ2v) is 9.88. The van der Waals surface area contributed by atoms with E-state index in [1.807, 2.05) is 47.4 Å². The van der Waals surface area contributed by atoms with E-state index in [0.29, 0.717) is 35.6 Å². The largest absolute Gasteiger partial charge is 0.343 e. The third kappa shape index (κ3) is 4.23. The van der Waals surface area contributed by atoms with Crippen molar-refractivity contribution >= 4 is 38.5 Å². The molecule has 9 heteroatoms. The molecule has 0 bridgehead atoms. The van der Waals surface area contributed by atoms with Gasteiger partial charge < -0.3 is 9.88 Å². The Morgan fingerprint density at radius 2 is 1.80 bits per heavy atom. The number of thiazole rings is 1. The summed E-state index contributed by atoms with van der Waals surface area (Å²) in [4.78, 5) is 39.7. The second kappa shape index (κ2) is 9.07. The lowest BCUT2D eigenvalue weighted by Crippen LogP contribution is -2.38. The number of aryl methyl sites for hydroxylation is 1. The molecule has 0 aliphatic carbocycles. The van der Waals surface area contributed by atoms with Gasteiger partial charge in [-0.25, -0.2) is 14.6 Å². The zero-order valence-corrected chi connectivity index (χ0v) is 19.9. The van der Waals surface area contributed by atoms with Crippen LogP contribution >= 0.6 is 11.3 Å². The molecule has 0 unspecified atom stereocenters. The predicted molar refractivity (Wildman–Crippen MR) is 136 cm³/mol. The molecule has 1 aliphatic heterocycles. The molecular weight excluding hydrogens is 460 g/mol. The molecule has 1 N–H and O–H groups in total. The monoisotopic (exact) mass is 484 g/mol. The maximum atomic E-state index is 12.9. The van der Waals surface area contributed by atoms with Crippen molar-refractivity contribution < 1.29 is 4.79 Å². The van der Waals surface area contributed by atoms with E-state index >= 15 is 0 Å². The molecule has 1 amide bonds. The van der Waals surface area contributed by atoms with Gasteiger partial charge in [-0.05, 0) is 37.1 Å². The van der Waals surface area contributed by atoms with Crippen LogP contribution in [-0.4, -0.2) is 48.6 Å². The van der Waals surface area contributed by atoms with Gasteiger partial charge in [0.1, 0.15) is 11.2 Å². The van der Waals surface area contributed by atoms with Crippen molar-refractivity contribution in [3.63, 3.8) is 0 Å². The zero-order valence-electron chi connectivity index (χ0n) is 19.1. The van der Waals surface area contributed by atoms with E-state index in [1.54, 1.807) is 16.0 Å². The maximum absolute atomic E-state index is 12.9. The van der Waals surface area contributed by atoms with Crippen molar-refractivity contribution in [1.29, 1.82) is 0 Å². The molecule has 6 rings (SSSR count). The number of fused-ring (bicyclic) bond motifs is 2. The summed E-state index contributed by atoms with van der Waals surface area (Å²) in [5.41, 5.74) is 2.15. The van der Waals surface area contributed by atoms with Crippen molar-refractivity contribution in [3.05, 3.63) is 82.0 Å². The number of carbonyl (C=O) groups is 1. The van der Waals surface area contributed by atoms with Crippen LogP contribution in [0.3, 0.4) is 0 Å². The molecule has 8 nitrogen and oxygen atoms in total. The minimum absolute atomic E-state index is 0.0899. The van der Waals surface area contributed by atoms with Crippen LogP contribution in [0.2, 0.25) is 0 Å². The minimum Gasteiger partial charge on any atom is -0.343 e. The summed E-state index contributed by atoms with van der Waals surface area (Å²) in [6.07, 6.45) is 4.05. The number of H-pyrrole nitrogens is 1. The van der Waals surface area contributed by atoms with Crippen LogP contribution in [0.25, 0.3) is 26.9 Å². The molecule has 35 heavy (non-hydrogen) atoms. The molecule has 0 saturated carbocycles. The molecule has 0 radical (unpaired) electrons. The van der Waals surface area contributed by atoms with Gasteiger partial charge in [0.2, 0.25) is 5.91 Å². The molecule has 0 atom stereocenters. The average Bonchev–Trinajstić information content (AvgIpc) is 3.53. The molecular formula is C26H24N6O2S. The van der Waals surface area contributed by atoms with Crippen LogP contribution in [0, 0.1) is 0 Å². The van der Waals surface area contributed by atoms with Gasteiger partial charge in [-0.15, -0.1) is 11.3 Å². The summed E-state index contributed by atoms with van der Waals surface area (Å²) >= 11 is 1.76. The highest BCUT2D eigenvalue weighted by Crippen LogP contribution is 2.33. The number of piperidine rings is 1. The van der Waals surface area contributed by atoms with Crippen molar-refractivity contribution in [2.45, 2.75) is 31.6 Å². The second-order valence-electron chi connectivity index (χ2n) is 8.82. The normalized spacial score (nSPS) is 14.7. The summed E-state index contributed by atoms with van der Waals surface area (Å²) in [6.45, 7) is 1.45. The Balaban J connectivity index is 1.11. The number of para-hydroxylation sites is 2. The first kappa shape index (κ1) is 21.7. The Kier molecular flexibility index (Phi) is 5.61. The highest BCUT2D eigenvalue weighted by atomic mass is 32.1.